The molecule has 2 aliphatic rings. The van der Waals surface area contributed by atoms with Crippen LogP contribution in [-0.2, 0) is 17.9 Å². The van der Waals surface area contributed by atoms with Crippen molar-refractivity contribution in [2.24, 2.45) is 5.41 Å². The lowest BCUT2D eigenvalue weighted by Crippen LogP contribution is -2.53. The summed E-state index contributed by atoms with van der Waals surface area (Å²) in [6, 6.07) is -0.639. The van der Waals surface area contributed by atoms with Gasteiger partial charge in [-0.05, 0) is 57.4 Å². The number of aromatic nitrogens is 2. The Kier molecular flexibility index (Phi) is 7.54. The van der Waals surface area contributed by atoms with Gasteiger partial charge in [0.05, 0.1) is 5.69 Å². The Hall–Kier alpha value is -2.19. The summed E-state index contributed by atoms with van der Waals surface area (Å²) in [5.41, 5.74) is 0.928. The molecule has 1 aromatic heterocycles. The molecule has 2 N–H and O–H groups in total. The summed E-state index contributed by atoms with van der Waals surface area (Å²) < 4.78 is 2.17. The van der Waals surface area contributed by atoms with E-state index in [1.54, 1.807) is 7.05 Å². The summed E-state index contributed by atoms with van der Waals surface area (Å²) in [7, 11) is 3.66. The standard InChI is InChI=1S/C23H38N6O2/c1-23(2,3)20(22(31)24-4)26-21(30)19-17-16-27(5)11-9-15-29(17)18(25-19)10-8-14-28-12-6-7-13-28/h8,10,20H,6-7,9,11-16H2,1-5H3,(H,24,31)(H,26,30)/b10-8+/t20-/m1/s1. The van der Waals surface area contributed by atoms with E-state index >= 15 is 0 Å². The van der Waals surface area contributed by atoms with E-state index in [9.17, 15) is 9.59 Å². The van der Waals surface area contributed by atoms with Gasteiger partial charge in [-0.25, -0.2) is 4.98 Å². The molecule has 31 heavy (non-hydrogen) atoms. The van der Waals surface area contributed by atoms with Crippen LogP contribution in [0, 0.1) is 5.41 Å². The Morgan fingerprint density at radius 1 is 1.13 bits per heavy atom. The van der Waals surface area contributed by atoms with Crippen LogP contribution in [0.15, 0.2) is 6.08 Å². The maximum Gasteiger partial charge on any atom is 0.272 e. The molecule has 0 saturated carbocycles. The molecule has 0 unspecified atom stereocenters. The van der Waals surface area contributed by atoms with Gasteiger partial charge in [0, 0.05) is 26.7 Å². The van der Waals surface area contributed by atoms with Crippen molar-refractivity contribution in [1.82, 2.24) is 30.0 Å². The predicted molar refractivity (Wildman–Crippen MR) is 123 cm³/mol. The molecule has 2 amide bonds. The van der Waals surface area contributed by atoms with Gasteiger partial charge in [-0.1, -0.05) is 26.8 Å². The van der Waals surface area contributed by atoms with Gasteiger partial charge in [-0.15, -0.1) is 0 Å². The average Bonchev–Trinajstić information content (AvgIpc) is 3.29. The number of amides is 2. The van der Waals surface area contributed by atoms with Crippen molar-refractivity contribution in [2.45, 2.75) is 59.2 Å². The number of carbonyl (C=O) groups is 2. The van der Waals surface area contributed by atoms with E-state index < -0.39 is 11.5 Å². The van der Waals surface area contributed by atoms with Crippen molar-refractivity contribution >= 4 is 17.9 Å². The summed E-state index contributed by atoms with van der Waals surface area (Å²) in [6.45, 7) is 11.5. The number of imidazole rings is 1. The molecule has 0 spiro atoms. The van der Waals surface area contributed by atoms with E-state index in [2.05, 4.69) is 38.1 Å². The fourth-order valence-corrected chi connectivity index (χ4v) is 4.35. The van der Waals surface area contributed by atoms with Gasteiger partial charge in [-0.2, -0.15) is 0 Å². The molecule has 1 aromatic rings. The molecule has 3 heterocycles. The highest BCUT2D eigenvalue weighted by molar-refractivity contribution is 5.97. The first-order valence-electron chi connectivity index (χ1n) is 11.4. The largest absolute Gasteiger partial charge is 0.357 e. The minimum atomic E-state index is -0.639. The fourth-order valence-electron chi connectivity index (χ4n) is 4.35. The second-order valence-corrected chi connectivity index (χ2v) is 9.81. The van der Waals surface area contributed by atoms with Gasteiger partial charge in [0.1, 0.15) is 11.9 Å². The van der Waals surface area contributed by atoms with Gasteiger partial charge in [0.15, 0.2) is 5.69 Å². The molecule has 8 heteroatoms. The van der Waals surface area contributed by atoms with Crippen molar-refractivity contribution in [3.05, 3.63) is 23.3 Å². The molecular formula is C23H38N6O2. The second-order valence-electron chi connectivity index (χ2n) is 9.81. The van der Waals surface area contributed by atoms with Gasteiger partial charge < -0.3 is 20.1 Å². The van der Waals surface area contributed by atoms with Gasteiger partial charge in [0.25, 0.3) is 5.91 Å². The van der Waals surface area contributed by atoms with E-state index in [-0.39, 0.29) is 11.8 Å². The number of likely N-dealkylation sites (N-methyl/N-ethyl adjacent to an activating group) is 1. The maximum absolute atomic E-state index is 13.3. The molecule has 3 rings (SSSR count). The average molecular weight is 431 g/mol. The Morgan fingerprint density at radius 2 is 1.84 bits per heavy atom. The Bertz CT molecular complexity index is 817. The predicted octanol–water partition coefficient (Wildman–Crippen LogP) is 1.72. The highest BCUT2D eigenvalue weighted by Crippen LogP contribution is 2.23. The summed E-state index contributed by atoms with van der Waals surface area (Å²) in [5, 5.41) is 5.61. The number of hydrogen-bond acceptors (Lipinski definition) is 5. The van der Waals surface area contributed by atoms with Crippen LogP contribution in [0.5, 0.6) is 0 Å². The number of nitrogens with zero attached hydrogens (tertiary/aromatic N) is 4. The zero-order chi connectivity index (χ0) is 22.6. The van der Waals surface area contributed by atoms with Crippen LogP contribution in [0.25, 0.3) is 6.08 Å². The third kappa shape index (κ3) is 5.74. The third-order valence-electron chi connectivity index (χ3n) is 6.14. The molecule has 1 saturated heterocycles. The van der Waals surface area contributed by atoms with Crippen molar-refractivity contribution in [1.29, 1.82) is 0 Å². The summed E-state index contributed by atoms with van der Waals surface area (Å²) >= 11 is 0. The molecule has 2 aliphatic heterocycles. The summed E-state index contributed by atoms with van der Waals surface area (Å²) in [5.74, 6) is 0.331. The number of hydrogen-bond donors (Lipinski definition) is 2. The number of rotatable bonds is 6. The molecular weight excluding hydrogens is 392 g/mol. The van der Waals surface area contributed by atoms with Crippen LogP contribution in [0.2, 0.25) is 0 Å². The van der Waals surface area contributed by atoms with Crippen LogP contribution in [-0.4, -0.2) is 77.5 Å². The molecule has 0 radical (unpaired) electrons. The first-order valence-corrected chi connectivity index (χ1v) is 11.4. The van der Waals surface area contributed by atoms with Crippen LogP contribution in [0.3, 0.4) is 0 Å². The van der Waals surface area contributed by atoms with Crippen molar-refractivity contribution < 1.29 is 9.59 Å². The molecule has 172 valence electrons. The molecule has 0 bridgehead atoms. The maximum atomic E-state index is 13.3. The number of nitrogens with one attached hydrogen (secondary N) is 2. The Balaban J connectivity index is 1.87. The van der Waals surface area contributed by atoms with E-state index in [1.807, 2.05) is 26.8 Å². The first-order chi connectivity index (χ1) is 14.7. The zero-order valence-electron chi connectivity index (χ0n) is 19.7. The lowest BCUT2D eigenvalue weighted by Gasteiger charge is -2.29. The third-order valence-corrected chi connectivity index (χ3v) is 6.14. The summed E-state index contributed by atoms with van der Waals surface area (Å²) in [4.78, 5) is 35.1. The van der Waals surface area contributed by atoms with Crippen molar-refractivity contribution in [2.75, 3.05) is 40.3 Å². The zero-order valence-corrected chi connectivity index (χ0v) is 19.7. The molecule has 1 atom stereocenters. The SMILES string of the molecule is CNC(=O)[C@@H](NC(=O)c1nc(/C=C/CN2CCCC2)n2c1CN(C)CCC2)C(C)(C)C. The molecule has 1 fully saturated rings. The minimum Gasteiger partial charge on any atom is -0.357 e. The fraction of sp³-hybridized carbons (Fsp3) is 0.696. The van der Waals surface area contributed by atoms with Crippen LogP contribution < -0.4 is 10.6 Å². The monoisotopic (exact) mass is 430 g/mol. The van der Waals surface area contributed by atoms with Crippen LogP contribution in [0.1, 0.15) is 62.0 Å². The highest BCUT2D eigenvalue weighted by atomic mass is 16.2. The lowest BCUT2D eigenvalue weighted by atomic mass is 9.86. The normalized spacial score (nSPS) is 19.3. The topological polar surface area (TPSA) is 82.5 Å². The quantitative estimate of drug-likeness (QED) is 0.718. The van der Waals surface area contributed by atoms with Crippen LogP contribution >= 0.6 is 0 Å². The second kappa shape index (κ2) is 9.96. The summed E-state index contributed by atoms with van der Waals surface area (Å²) in [6.07, 6.45) is 7.74. The van der Waals surface area contributed by atoms with E-state index in [4.69, 9.17) is 4.98 Å². The smallest absolute Gasteiger partial charge is 0.272 e. The number of carbonyl (C=O) groups excluding carboxylic acids is 2. The first kappa shape index (κ1) is 23.5. The molecule has 0 aliphatic carbocycles. The van der Waals surface area contributed by atoms with Crippen LogP contribution in [0.4, 0.5) is 0 Å². The molecule has 8 nitrogen and oxygen atoms in total. The van der Waals surface area contributed by atoms with Gasteiger partial charge in [-0.3, -0.25) is 14.5 Å². The van der Waals surface area contributed by atoms with Gasteiger partial charge in [0.2, 0.25) is 5.91 Å². The number of fused-ring (bicyclic) bond motifs is 1. The number of likely N-dealkylation sites (tertiary alicyclic amines) is 1. The van der Waals surface area contributed by atoms with E-state index in [0.29, 0.717) is 12.2 Å². The molecule has 0 aromatic carbocycles. The van der Waals surface area contributed by atoms with E-state index in [0.717, 1.165) is 50.7 Å². The Labute approximate surface area is 186 Å². The van der Waals surface area contributed by atoms with Crippen molar-refractivity contribution in [3.63, 3.8) is 0 Å². The van der Waals surface area contributed by atoms with E-state index in [1.165, 1.54) is 12.8 Å². The Morgan fingerprint density at radius 3 is 2.48 bits per heavy atom. The van der Waals surface area contributed by atoms with Gasteiger partial charge >= 0.3 is 0 Å². The lowest BCUT2D eigenvalue weighted by molar-refractivity contribution is -0.124. The highest BCUT2D eigenvalue weighted by Gasteiger charge is 2.34. The van der Waals surface area contributed by atoms with Crippen molar-refractivity contribution in [3.8, 4) is 0 Å². The minimum absolute atomic E-state index is 0.200.